The summed E-state index contributed by atoms with van der Waals surface area (Å²) < 4.78 is 13.8. The lowest BCUT2D eigenvalue weighted by molar-refractivity contribution is -0.386. The molecule has 1 aromatic carbocycles. The van der Waals surface area contributed by atoms with Crippen LogP contribution in [0.2, 0.25) is 0 Å². The van der Waals surface area contributed by atoms with Gasteiger partial charge in [-0.2, -0.15) is 4.39 Å². The van der Waals surface area contributed by atoms with E-state index in [2.05, 4.69) is 11.8 Å². The quantitative estimate of drug-likeness (QED) is 0.582. The highest BCUT2D eigenvalue weighted by Gasteiger charge is 2.29. The second-order valence-corrected chi connectivity index (χ2v) is 7.31. The van der Waals surface area contributed by atoms with Crippen LogP contribution in [0.1, 0.15) is 26.2 Å². The lowest BCUT2D eigenvalue weighted by Gasteiger charge is -2.36. The number of nitro groups is 1. The number of likely N-dealkylation sites (N-methyl/N-ethyl adjacent to an activating group) is 1. The van der Waals surface area contributed by atoms with E-state index in [9.17, 15) is 19.3 Å². The number of rotatable bonds is 5. The Labute approximate surface area is 158 Å². The van der Waals surface area contributed by atoms with Gasteiger partial charge >= 0.3 is 5.69 Å². The zero-order valence-corrected chi connectivity index (χ0v) is 15.8. The fraction of sp³-hybridized carbons (Fsp3) is 0.632. The lowest BCUT2D eigenvalue weighted by Crippen LogP contribution is -2.49. The molecule has 0 N–H and O–H groups in total. The van der Waals surface area contributed by atoms with Crippen LogP contribution in [-0.2, 0) is 4.79 Å². The van der Waals surface area contributed by atoms with Gasteiger partial charge in [0, 0.05) is 45.7 Å². The molecule has 0 bridgehead atoms. The van der Waals surface area contributed by atoms with Gasteiger partial charge < -0.3 is 14.7 Å². The van der Waals surface area contributed by atoms with Crippen molar-refractivity contribution in [2.24, 2.45) is 5.92 Å². The van der Waals surface area contributed by atoms with E-state index in [1.165, 1.54) is 6.07 Å². The van der Waals surface area contributed by atoms with E-state index >= 15 is 0 Å². The van der Waals surface area contributed by atoms with Gasteiger partial charge in [0.25, 0.3) is 0 Å². The molecule has 148 valence electrons. The van der Waals surface area contributed by atoms with Crippen LogP contribution < -0.4 is 4.90 Å². The summed E-state index contributed by atoms with van der Waals surface area (Å²) in [5, 5.41) is 11.2. The summed E-state index contributed by atoms with van der Waals surface area (Å²) in [6, 6.07) is 4.22. The largest absolute Gasteiger partial charge is 0.366 e. The summed E-state index contributed by atoms with van der Waals surface area (Å²) in [6.45, 7) is 7.81. The van der Waals surface area contributed by atoms with Crippen molar-refractivity contribution < 1.29 is 14.1 Å². The van der Waals surface area contributed by atoms with E-state index in [1.54, 1.807) is 6.07 Å². The number of amides is 1. The average Bonchev–Trinajstić information content (AvgIpc) is 2.68. The summed E-state index contributed by atoms with van der Waals surface area (Å²) in [5.41, 5.74) is -0.124. The summed E-state index contributed by atoms with van der Waals surface area (Å²) in [4.78, 5) is 29.3. The summed E-state index contributed by atoms with van der Waals surface area (Å²) >= 11 is 0. The third kappa shape index (κ3) is 4.55. The van der Waals surface area contributed by atoms with Crippen LogP contribution in [0, 0.1) is 21.8 Å². The van der Waals surface area contributed by atoms with Crippen molar-refractivity contribution in [3.8, 4) is 0 Å². The molecule has 27 heavy (non-hydrogen) atoms. The molecule has 2 heterocycles. The summed E-state index contributed by atoms with van der Waals surface area (Å²) in [5.74, 6) is -0.312. The summed E-state index contributed by atoms with van der Waals surface area (Å²) in [7, 11) is 0. The van der Waals surface area contributed by atoms with Gasteiger partial charge in [0.15, 0.2) is 0 Å². The van der Waals surface area contributed by atoms with Gasteiger partial charge in [-0.05, 0) is 37.4 Å². The van der Waals surface area contributed by atoms with Gasteiger partial charge in [0.2, 0.25) is 11.7 Å². The molecule has 0 aromatic heterocycles. The number of benzene rings is 1. The number of piperazine rings is 1. The summed E-state index contributed by atoms with van der Waals surface area (Å²) in [6.07, 6.45) is 2.11. The number of para-hydroxylation sites is 1. The predicted molar refractivity (Wildman–Crippen MR) is 101 cm³/mol. The van der Waals surface area contributed by atoms with Crippen molar-refractivity contribution in [3.05, 3.63) is 34.1 Å². The maximum atomic E-state index is 13.8. The fourth-order valence-corrected chi connectivity index (χ4v) is 4.01. The Morgan fingerprint density at radius 2 is 1.85 bits per heavy atom. The van der Waals surface area contributed by atoms with Gasteiger partial charge in [-0.3, -0.25) is 14.9 Å². The third-order valence-corrected chi connectivity index (χ3v) is 5.74. The Balaban J connectivity index is 1.53. The van der Waals surface area contributed by atoms with Crippen molar-refractivity contribution in [1.29, 1.82) is 0 Å². The molecule has 0 radical (unpaired) electrons. The predicted octanol–water partition coefficient (Wildman–Crippen LogP) is 2.50. The molecule has 2 fully saturated rings. The molecule has 8 heteroatoms. The van der Waals surface area contributed by atoms with Crippen LogP contribution in [0.3, 0.4) is 0 Å². The van der Waals surface area contributed by atoms with Crippen LogP contribution in [0.25, 0.3) is 0 Å². The second kappa shape index (κ2) is 8.65. The minimum atomic E-state index is -0.805. The lowest BCUT2D eigenvalue weighted by atomic mass is 9.92. The third-order valence-electron chi connectivity index (χ3n) is 5.74. The first-order valence-corrected chi connectivity index (χ1v) is 9.67. The molecule has 0 aliphatic carbocycles. The monoisotopic (exact) mass is 378 g/mol. The zero-order valence-electron chi connectivity index (χ0n) is 15.8. The van der Waals surface area contributed by atoms with Gasteiger partial charge in [-0.25, -0.2) is 0 Å². The van der Waals surface area contributed by atoms with E-state index in [-0.39, 0.29) is 11.8 Å². The number of nitrogens with zero attached hydrogens (tertiary/aromatic N) is 4. The smallest absolute Gasteiger partial charge is 0.327 e. The molecule has 0 saturated carbocycles. The van der Waals surface area contributed by atoms with E-state index in [4.69, 9.17) is 0 Å². The topological polar surface area (TPSA) is 69.9 Å². The number of halogens is 1. The fourth-order valence-electron chi connectivity index (χ4n) is 4.01. The molecule has 2 aliphatic heterocycles. The molecule has 0 unspecified atom stereocenters. The highest BCUT2D eigenvalue weighted by molar-refractivity contribution is 5.76. The molecule has 2 aliphatic rings. The Bertz CT molecular complexity index is 684. The molecule has 2 saturated heterocycles. The number of anilines is 1. The zero-order chi connectivity index (χ0) is 19.4. The normalized spacial score (nSPS) is 19.3. The van der Waals surface area contributed by atoms with E-state index in [0.29, 0.717) is 25.2 Å². The number of carbonyl (C=O) groups excluding carboxylic acids is 1. The van der Waals surface area contributed by atoms with Crippen LogP contribution in [0.15, 0.2) is 18.2 Å². The highest BCUT2D eigenvalue weighted by Crippen LogP contribution is 2.34. The van der Waals surface area contributed by atoms with Crippen molar-refractivity contribution >= 4 is 17.3 Å². The highest BCUT2D eigenvalue weighted by atomic mass is 19.1. The SMILES string of the molecule is CCN1CCN(C(=O)CC2CCN(c3cccc(F)c3[N+](=O)[O-])CC2)CC1. The molecule has 3 rings (SSSR count). The van der Waals surface area contributed by atoms with Crippen LogP contribution in [0.4, 0.5) is 15.8 Å². The molecule has 1 aromatic rings. The Kier molecular flexibility index (Phi) is 6.26. The first kappa shape index (κ1) is 19.5. The number of piperidine rings is 1. The standard InChI is InChI=1S/C19H27FN4O3/c1-2-21-10-12-23(13-11-21)18(25)14-15-6-8-22(9-7-15)17-5-3-4-16(20)19(17)24(26)27/h3-5,15H,2,6-14H2,1H3. The maximum Gasteiger partial charge on any atom is 0.327 e. The Morgan fingerprint density at radius 3 is 2.44 bits per heavy atom. The van der Waals surface area contributed by atoms with Crippen LogP contribution in [0.5, 0.6) is 0 Å². The minimum absolute atomic E-state index is 0.209. The van der Waals surface area contributed by atoms with Crippen molar-refractivity contribution in [1.82, 2.24) is 9.80 Å². The molecule has 7 nitrogen and oxygen atoms in total. The molecule has 0 atom stereocenters. The first-order valence-electron chi connectivity index (χ1n) is 9.67. The van der Waals surface area contributed by atoms with Crippen molar-refractivity contribution in [3.63, 3.8) is 0 Å². The molecule has 0 spiro atoms. The van der Waals surface area contributed by atoms with Crippen molar-refractivity contribution in [2.75, 3.05) is 50.7 Å². The number of nitro benzene ring substituents is 1. The number of hydrogen-bond donors (Lipinski definition) is 0. The van der Waals surface area contributed by atoms with Crippen LogP contribution >= 0.6 is 0 Å². The van der Waals surface area contributed by atoms with E-state index in [0.717, 1.165) is 51.6 Å². The van der Waals surface area contributed by atoms with Crippen molar-refractivity contribution in [2.45, 2.75) is 26.2 Å². The van der Waals surface area contributed by atoms with E-state index < -0.39 is 16.4 Å². The van der Waals surface area contributed by atoms with E-state index in [1.807, 2.05) is 9.80 Å². The minimum Gasteiger partial charge on any atom is -0.366 e. The van der Waals surface area contributed by atoms with Crippen LogP contribution in [-0.4, -0.2) is 66.4 Å². The number of carbonyl (C=O) groups is 1. The second-order valence-electron chi connectivity index (χ2n) is 7.31. The molecule has 1 amide bonds. The van der Waals surface area contributed by atoms with Gasteiger partial charge in [-0.1, -0.05) is 13.0 Å². The number of hydrogen-bond acceptors (Lipinski definition) is 5. The maximum absolute atomic E-state index is 13.8. The van der Waals surface area contributed by atoms with Gasteiger partial charge in [-0.15, -0.1) is 0 Å². The molecular weight excluding hydrogens is 351 g/mol. The Hall–Kier alpha value is -2.22. The van der Waals surface area contributed by atoms with Gasteiger partial charge in [0.1, 0.15) is 5.69 Å². The Morgan fingerprint density at radius 1 is 1.19 bits per heavy atom. The molecular formula is C19H27FN4O3. The van der Waals surface area contributed by atoms with Gasteiger partial charge in [0.05, 0.1) is 4.92 Å². The first-order chi connectivity index (χ1) is 13.0. The average molecular weight is 378 g/mol.